The van der Waals surface area contributed by atoms with E-state index in [1.165, 1.54) is 0 Å². The zero-order valence-corrected chi connectivity index (χ0v) is 9.96. The van der Waals surface area contributed by atoms with Gasteiger partial charge in [0.2, 0.25) is 0 Å². The Morgan fingerprint density at radius 3 is 2.12 bits per heavy atom. The molecule has 0 saturated heterocycles. The van der Waals surface area contributed by atoms with E-state index in [-0.39, 0.29) is 5.56 Å². The highest BCUT2D eigenvalue weighted by molar-refractivity contribution is 5.77. The van der Waals surface area contributed by atoms with Crippen molar-refractivity contribution in [2.24, 2.45) is 5.73 Å². The van der Waals surface area contributed by atoms with E-state index in [4.69, 9.17) is 10.5 Å². The number of halogens is 2. The Morgan fingerprint density at radius 1 is 1.24 bits per heavy atom. The Kier molecular flexibility index (Phi) is 3.83. The third-order valence-electron chi connectivity index (χ3n) is 1.90. The molecule has 0 bridgehead atoms. The van der Waals surface area contributed by atoms with Gasteiger partial charge in [0.25, 0.3) is 0 Å². The largest absolute Gasteiger partial charge is 0.459 e. The zero-order chi connectivity index (χ0) is 13.2. The fourth-order valence-corrected chi connectivity index (χ4v) is 1.26. The molecule has 0 fully saturated rings. The van der Waals surface area contributed by atoms with Crippen molar-refractivity contribution in [1.82, 2.24) is 0 Å². The van der Waals surface area contributed by atoms with Crippen molar-refractivity contribution >= 4 is 5.97 Å². The highest BCUT2D eigenvalue weighted by Gasteiger charge is 2.24. The summed E-state index contributed by atoms with van der Waals surface area (Å²) in [5, 5.41) is 0. The predicted molar refractivity (Wildman–Crippen MR) is 59.1 cm³/mol. The lowest BCUT2D eigenvalue weighted by atomic mass is 10.1. The molecule has 0 aliphatic carbocycles. The number of carbonyl (C=O) groups excluding carboxylic acids is 1. The van der Waals surface area contributed by atoms with Crippen molar-refractivity contribution in [2.45, 2.75) is 32.4 Å². The van der Waals surface area contributed by atoms with Crippen LogP contribution >= 0.6 is 0 Å². The molecule has 3 nitrogen and oxygen atoms in total. The molecule has 0 amide bonds. The van der Waals surface area contributed by atoms with E-state index < -0.39 is 29.2 Å². The second-order valence-electron chi connectivity index (χ2n) is 4.71. The van der Waals surface area contributed by atoms with Crippen molar-refractivity contribution in [2.75, 3.05) is 0 Å². The van der Waals surface area contributed by atoms with E-state index in [1.807, 2.05) is 0 Å². The van der Waals surface area contributed by atoms with Crippen LogP contribution < -0.4 is 5.73 Å². The molecule has 17 heavy (non-hydrogen) atoms. The van der Waals surface area contributed by atoms with Crippen LogP contribution in [0.5, 0.6) is 0 Å². The van der Waals surface area contributed by atoms with Gasteiger partial charge in [0.05, 0.1) is 0 Å². The summed E-state index contributed by atoms with van der Waals surface area (Å²) in [6.07, 6.45) is 0. The molecule has 0 spiro atoms. The second kappa shape index (κ2) is 4.79. The minimum absolute atomic E-state index is 0.0525. The molecule has 5 heteroatoms. The Labute approximate surface area is 98.6 Å². The zero-order valence-electron chi connectivity index (χ0n) is 9.96. The topological polar surface area (TPSA) is 52.3 Å². The van der Waals surface area contributed by atoms with Gasteiger partial charge in [0.15, 0.2) is 0 Å². The lowest BCUT2D eigenvalue weighted by Crippen LogP contribution is -2.31. The van der Waals surface area contributed by atoms with Gasteiger partial charge in [-0.25, -0.2) is 13.6 Å². The van der Waals surface area contributed by atoms with Crippen molar-refractivity contribution < 1.29 is 18.3 Å². The molecule has 1 atom stereocenters. The minimum atomic E-state index is -1.19. The van der Waals surface area contributed by atoms with Crippen LogP contribution in [-0.2, 0) is 9.53 Å². The Hall–Kier alpha value is -1.49. The summed E-state index contributed by atoms with van der Waals surface area (Å²) in [6.45, 7) is 5.05. The van der Waals surface area contributed by atoms with Crippen LogP contribution in [0, 0.1) is 11.6 Å². The van der Waals surface area contributed by atoms with Gasteiger partial charge in [-0.05, 0) is 38.5 Å². The molecule has 1 unspecified atom stereocenters. The average molecular weight is 243 g/mol. The van der Waals surface area contributed by atoms with Crippen molar-refractivity contribution in [3.8, 4) is 0 Å². The monoisotopic (exact) mass is 243 g/mol. The van der Waals surface area contributed by atoms with Crippen LogP contribution in [0.3, 0.4) is 0 Å². The van der Waals surface area contributed by atoms with Gasteiger partial charge in [0.1, 0.15) is 23.3 Å². The van der Waals surface area contributed by atoms with Crippen molar-refractivity contribution in [3.05, 3.63) is 35.4 Å². The van der Waals surface area contributed by atoms with Crippen LogP contribution in [0.25, 0.3) is 0 Å². The number of esters is 1. The van der Waals surface area contributed by atoms with Gasteiger partial charge >= 0.3 is 5.97 Å². The number of hydrogen-bond acceptors (Lipinski definition) is 3. The summed E-state index contributed by atoms with van der Waals surface area (Å²) in [5.41, 5.74) is 4.93. The van der Waals surface area contributed by atoms with E-state index in [0.717, 1.165) is 12.1 Å². The molecule has 94 valence electrons. The molecule has 0 heterocycles. The van der Waals surface area contributed by atoms with Crippen molar-refractivity contribution in [3.63, 3.8) is 0 Å². The second-order valence-corrected chi connectivity index (χ2v) is 4.71. The lowest BCUT2D eigenvalue weighted by Gasteiger charge is -2.22. The van der Waals surface area contributed by atoms with Crippen LogP contribution in [-0.4, -0.2) is 11.6 Å². The first kappa shape index (κ1) is 13.6. The summed E-state index contributed by atoms with van der Waals surface area (Å²) in [5.74, 6) is -2.28. The fraction of sp³-hybridized carbons (Fsp3) is 0.417. The SMILES string of the molecule is CC(C)(C)OC(=O)C(N)c1cc(F)cc(F)c1. The van der Waals surface area contributed by atoms with Crippen LogP contribution in [0.2, 0.25) is 0 Å². The Bertz CT molecular complexity index is 407. The maximum Gasteiger partial charge on any atom is 0.328 e. The Morgan fingerprint density at radius 2 is 1.71 bits per heavy atom. The number of benzene rings is 1. The van der Waals surface area contributed by atoms with Crippen LogP contribution in [0.4, 0.5) is 8.78 Å². The highest BCUT2D eigenvalue weighted by Crippen LogP contribution is 2.18. The maximum absolute atomic E-state index is 12.9. The fourth-order valence-electron chi connectivity index (χ4n) is 1.26. The molecule has 2 N–H and O–H groups in total. The molecule has 0 aliphatic heterocycles. The maximum atomic E-state index is 12.9. The molecular formula is C12H15F2NO2. The molecule has 0 saturated carbocycles. The number of hydrogen-bond donors (Lipinski definition) is 1. The quantitative estimate of drug-likeness (QED) is 0.811. The standard InChI is InChI=1S/C12H15F2NO2/c1-12(2,3)17-11(16)10(15)7-4-8(13)6-9(14)5-7/h4-6,10H,15H2,1-3H3. The van der Waals surface area contributed by atoms with E-state index in [2.05, 4.69) is 0 Å². The first-order valence-corrected chi connectivity index (χ1v) is 5.13. The van der Waals surface area contributed by atoms with Gasteiger partial charge in [0, 0.05) is 6.07 Å². The lowest BCUT2D eigenvalue weighted by molar-refractivity contribution is -0.156. The molecule has 0 aliphatic rings. The molecule has 0 radical (unpaired) electrons. The van der Waals surface area contributed by atoms with E-state index >= 15 is 0 Å². The summed E-state index contributed by atoms with van der Waals surface area (Å²) >= 11 is 0. The van der Waals surface area contributed by atoms with Crippen molar-refractivity contribution in [1.29, 1.82) is 0 Å². The number of rotatable bonds is 2. The summed E-state index contributed by atoms with van der Waals surface area (Å²) in [6, 6.07) is 1.54. The molecule has 1 aromatic carbocycles. The van der Waals surface area contributed by atoms with Gasteiger partial charge in [-0.2, -0.15) is 0 Å². The summed E-state index contributed by atoms with van der Waals surface area (Å²) in [7, 11) is 0. The van der Waals surface area contributed by atoms with Gasteiger partial charge < -0.3 is 10.5 Å². The molecule has 1 aromatic rings. The molecule has 1 rings (SSSR count). The van der Waals surface area contributed by atoms with Crippen LogP contribution in [0.1, 0.15) is 32.4 Å². The van der Waals surface area contributed by atoms with Crippen LogP contribution in [0.15, 0.2) is 18.2 Å². The molecular weight excluding hydrogens is 228 g/mol. The molecule has 0 aromatic heterocycles. The van der Waals surface area contributed by atoms with E-state index in [0.29, 0.717) is 6.07 Å². The predicted octanol–water partition coefficient (Wildman–Crippen LogP) is 2.31. The number of ether oxygens (including phenoxy) is 1. The smallest absolute Gasteiger partial charge is 0.328 e. The normalized spacial score (nSPS) is 13.3. The van der Waals surface area contributed by atoms with Gasteiger partial charge in [-0.15, -0.1) is 0 Å². The highest BCUT2D eigenvalue weighted by atomic mass is 19.1. The van der Waals surface area contributed by atoms with Gasteiger partial charge in [-0.3, -0.25) is 0 Å². The Balaban J connectivity index is 2.89. The third-order valence-corrected chi connectivity index (χ3v) is 1.90. The minimum Gasteiger partial charge on any atom is -0.459 e. The van der Waals surface area contributed by atoms with E-state index in [1.54, 1.807) is 20.8 Å². The van der Waals surface area contributed by atoms with E-state index in [9.17, 15) is 13.6 Å². The number of carbonyl (C=O) groups is 1. The number of nitrogens with two attached hydrogens (primary N) is 1. The first-order chi connectivity index (χ1) is 7.69. The summed E-state index contributed by atoms with van der Waals surface area (Å²) < 4.78 is 30.9. The van der Waals surface area contributed by atoms with Gasteiger partial charge in [-0.1, -0.05) is 0 Å². The third kappa shape index (κ3) is 4.11. The summed E-state index contributed by atoms with van der Waals surface area (Å²) in [4.78, 5) is 11.6. The first-order valence-electron chi connectivity index (χ1n) is 5.13. The average Bonchev–Trinajstić information content (AvgIpc) is 2.12.